The molecule has 1 aliphatic carbocycles. The minimum Gasteiger partial charge on any atom is -0.455 e. The van der Waals surface area contributed by atoms with Crippen LogP contribution in [-0.4, -0.2) is 53.6 Å². The molecule has 7 rings (SSSR count). The fraction of sp³-hybridized carbons (Fsp3) is 0.242. The molecule has 0 bridgehead atoms. The van der Waals surface area contributed by atoms with Crippen LogP contribution in [0.3, 0.4) is 0 Å². The summed E-state index contributed by atoms with van der Waals surface area (Å²) >= 11 is 0. The average Bonchev–Trinajstić information content (AvgIpc) is 3.38. The van der Waals surface area contributed by atoms with E-state index in [1.165, 1.54) is 0 Å². The van der Waals surface area contributed by atoms with E-state index in [0.29, 0.717) is 22.0 Å². The molecule has 2 aliphatic rings. The van der Waals surface area contributed by atoms with Gasteiger partial charge in [-0.15, -0.1) is 0 Å². The number of amides is 1. The number of hydrogen-bond acceptors (Lipinski definition) is 6. The second-order valence-electron chi connectivity index (χ2n) is 11.0. The topological polar surface area (TPSA) is 83.6 Å². The van der Waals surface area contributed by atoms with Crippen molar-refractivity contribution in [3.8, 4) is 0 Å². The summed E-state index contributed by atoms with van der Waals surface area (Å²) in [4.78, 5) is 37.5. The maximum atomic E-state index is 14.2. The molecule has 2 unspecified atom stereocenters. The number of furan rings is 1. The molecule has 8 heteroatoms. The Labute approximate surface area is 237 Å². The molecule has 8 nitrogen and oxygen atoms in total. The van der Waals surface area contributed by atoms with Gasteiger partial charge in [0.2, 0.25) is 0 Å². The van der Waals surface area contributed by atoms with Gasteiger partial charge in [-0.05, 0) is 43.5 Å². The molecule has 1 aliphatic heterocycles. The molecule has 1 amide bonds. The molecule has 3 aromatic carbocycles. The fourth-order valence-corrected chi connectivity index (χ4v) is 6.06. The summed E-state index contributed by atoms with van der Waals surface area (Å²) in [6, 6.07) is 19.2. The second kappa shape index (κ2) is 9.74. The first-order chi connectivity index (χ1) is 19.9. The Morgan fingerprint density at radius 1 is 0.976 bits per heavy atom. The molecule has 1 N–H and O–H groups in total. The van der Waals surface area contributed by atoms with Crippen LogP contribution in [0.5, 0.6) is 0 Å². The third-order valence-electron chi connectivity index (χ3n) is 8.53. The Morgan fingerprint density at radius 3 is 2.61 bits per heavy atom. The van der Waals surface area contributed by atoms with E-state index in [9.17, 15) is 9.59 Å². The third kappa shape index (κ3) is 4.14. The summed E-state index contributed by atoms with van der Waals surface area (Å²) in [6.45, 7) is 5.72. The van der Waals surface area contributed by atoms with E-state index in [0.717, 1.165) is 48.2 Å². The number of nitrogens with zero attached hydrogens (tertiary/aromatic N) is 4. The molecule has 41 heavy (non-hydrogen) atoms. The standard InChI is InChI=1S/C33H31N5O3/c1-22-8-5-6-15-33(22,35-31(39)26-11-7-10-25-24-9-3-4-12-29(24)41-30(25)26)38-21-34-28-14-13-23(20-27(28)32(38)40)37-18-16-36(2)17-19-37/h3-15,20-22H,16-19H2,1-2H3,(H,35,39). The number of carbonyl (C=O) groups excluding carboxylic acids is 1. The van der Waals surface area contributed by atoms with Gasteiger partial charge in [-0.25, -0.2) is 4.98 Å². The molecule has 0 saturated carbocycles. The fourth-order valence-electron chi connectivity index (χ4n) is 6.06. The van der Waals surface area contributed by atoms with Crippen molar-refractivity contribution in [2.75, 3.05) is 38.1 Å². The van der Waals surface area contributed by atoms with Gasteiger partial charge in [0.1, 0.15) is 23.2 Å². The lowest BCUT2D eigenvalue weighted by Gasteiger charge is -2.39. The van der Waals surface area contributed by atoms with Crippen molar-refractivity contribution in [1.29, 1.82) is 0 Å². The molecule has 3 heterocycles. The third-order valence-corrected chi connectivity index (χ3v) is 8.53. The highest BCUT2D eigenvalue weighted by atomic mass is 16.3. The molecule has 2 atom stereocenters. The number of fused-ring (bicyclic) bond motifs is 4. The lowest BCUT2D eigenvalue weighted by atomic mass is 9.88. The number of nitrogens with one attached hydrogen (secondary N) is 1. The van der Waals surface area contributed by atoms with E-state index >= 15 is 0 Å². The van der Waals surface area contributed by atoms with Gasteiger partial charge in [0.05, 0.1) is 16.5 Å². The molecule has 206 valence electrons. The summed E-state index contributed by atoms with van der Waals surface area (Å²) in [5.74, 6) is -0.566. The van der Waals surface area contributed by atoms with Gasteiger partial charge in [0, 0.05) is 48.6 Å². The number of para-hydroxylation sites is 2. The Kier molecular flexibility index (Phi) is 6.01. The van der Waals surface area contributed by atoms with E-state index < -0.39 is 5.66 Å². The van der Waals surface area contributed by atoms with Crippen molar-refractivity contribution >= 4 is 44.4 Å². The van der Waals surface area contributed by atoms with Crippen LogP contribution in [0.15, 0.2) is 101 Å². The van der Waals surface area contributed by atoms with Crippen molar-refractivity contribution in [1.82, 2.24) is 19.8 Å². The largest absolute Gasteiger partial charge is 0.455 e. The summed E-state index contributed by atoms with van der Waals surface area (Å²) in [5.41, 5.74) is 1.90. The maximum Gasteiger partial charge on any atom is 0.263 e. The monoisotopic (exact) mass is 545 g/mol. The van der Waals surface area contributed by atoms with Crippen LogP contribution >= 0.6 is 0 Å². The molecular formula is C33H31N5O3. The van der Waals surface area contributed by atoms with E-state index in [1.807, 2.05) is 85.8 Å². The van der Waals surface area contributed by atoms with Crippen LogP contribution in [0, 0.1) is 5.92 Å². The van der Waals surface area contributed by atoms with Crippen molar-refractivity contribution < 1.29 is 9.21 Å². The number of likely N-dealkylation sites (N-methyl/N-ethyl adjacent to an activating group) is 1. The number of aromatic nitrogens is 2. The zero-order valence-electron chi connectivity index (χ0n) is 23.1. The van der Waals surface area contributed by atoms with Gasteiger partial charge in [-0.3, -0.25) is 14.2 Å². The molecule has 0 radical (unpaired) electrons. The first-order valence-corrected chi connectivity index (χ1v) is 14.0. The smallest absolute Gasteiger partial charge is 0.263 e. The zero-order valence-corrected chi connectivity index (χ0v) is 23.1. The first kappa shape index (κ1) is 25.3. The highest BCUT2D eigenvalue weighted by Gasteiger charge is 2.39. The maximum absolute atomic E-state index is 14.2. The highest BCUT2D eigenvalue weighted by Crippen LogP contribution is 2.33. The number of rotatable bonds is 4. The Morgan fingerprint density at radius 2 is 1.78 bits per heavy atom. The van der Waals surface area contributed by atoms with E-state index in [-0.39, 0.29) is 17.4 Å². The number of piperazine rings is 1. The number of benzene rings is 3. The van der Waals surface area contributed by atoms with Crippen LogP contribution in [-0.2, 0) is 5.66 Å². The predicted molar refractivity (Wildman–Crippen MR) is 162 cm³/mol. The molecule has 1 saturated heterocycles. The molecular weight excluding hydrogens is 514 g/mol. The van der Waals surface area contributed by atoms with Crippen molar-refractivity contribution in [3.63, 3.8) is 0 Å². The van der Waals surface area contributed by atoms with Crippen molar-refractivity contribution in [2.45, 2.75) is 12.6 Å². The molecule has 2 aromatic heterocycles. The predicted octanol–water partition coefficient (Wildman–Crippen LogP) is 4.89. The number of allylic oxidation sites excluding steroid dienone is 2. The number of hydrogen-bond donors (Lipinski definition) is 1. The first-order valence-electron chi connectivity index (χ1n) is 14.0. The van der Waals surface area contributed by atoms with E-state index in [2.05, 4.69) is 27.1 Å². The summed E-state index contributed by atoms with van der Waals surface area (Å²) in [7, 11) is 2.12. The Balaban J connectivity index is 1.32. The van der Waals surface area contributed by atoms with Crippen LogP contribution in [0.1, 0.15) is 17.3 Å². The highest BCUT2D eigenvalue weighted by molar-refractivity contribution is 6.13. The van der Waals surface area contributed by atoms with Crippen molar-refractivity contribution in [3.05, 3.63) is 107 Å². The van der Waals surface area contributed by atoms with Gasteiger partial charge in [0.15, 0.2) is 0 Å². The SMILES string of the molecule is CC1C=CC=CC1(NC(=O)c1cccc2c1oc1ccccc12)n1cnc2ccc(N3CCN(C)CC3)cc2c1=O. The van der Waals surface area contributed by atoms with Crippen LogP contribution in [0.4, 0.5) is 5.69 Å². The number of anilines is 1. The van der Waals surface area contributed by atoms with Crippen LogP contribution in [0.25, 0.3) is 32.8 Å². The Bertz CT molecular complexity index is 1930. The van der Waals surface area contributed by atoms with E-state index in [1.54, 1.807) is 17.0 Å². The molecule has 5 aromatic rings. The summed E-state index contributed by atoms with van der Waals surface area (Å²) in [6.07, 6.45) is 9.19. The minimum atomic E-state index is -1.16. The summed E-state index contributed by atoms with van der Waals surface area (Å²) in [5, 5.41) is 5.55. The number of carbonyl (C=O) groups is 1. The quantitative estimate of drug-likeness (QED) is 0.346. The van der Waals surface area contributed by atoms with Gasteiger partial charge < -0.3 is 19.5 Å². The average molecular weight is 546 g/mol. The molecule has 1 fully saturated rings. The van der Waals surface area contributed by atoms with Gasteiger partial charge in [-0.2, -0.15) is 0 Å². The summed E-state index contributed by atoms with van der Waals surface area (Å²) < 4.78 is 7.70. The van der Waals surface area contributed by atoms with E-state index in [4.69, 9.17) is 4.42 Å². The van der Waals surface area contributed by atoms with Crippen LogP contribution in [0.2, 0.25) is 0 Å². The minimum absolute atomic E-state index is 0.208. The normalized spacial score (nSPS) is 21.2. The second-order valence-corrected chi connectivity index (χ2v) is 11.0. The molecule has 0 spiro atoms. The lowest BCUT2D eigenvalue weighted by molar-refractivity contribution is 0.0844. The Hall–Kier alpha value is -4.69. The van der Waals surface area contributed by atoms with Gasteiger partial charge in [-0.1, -0.05) is 55.5 Å². The van der Waals surface area contributed by atoms with Gasteiger partial charge >= 0.3 is 0 Å². The van der Waals surface area contributed by atoms with Crippen LogP contribution < -0.4 is 15.8 Å². The zero-order chi connectivity index (χ0) is 28.1. The van der Waals surface area contributed by atoms with Crippen molar-refractivity contribution in [2.24, 2.45) is 5.92 Å². The lowest BCUT2D eigenvalue weighted by Crippen LogP contribution is -2.57. The van der Waals surface area contributed by atoms with Gasteiger partial charge in [0.25, 0.3) is 11.5 Å².